The summed E-state index contributed by atoms with van der Waals surface area (Å²) in [6.07, 6.45) is 4.95. The van der Waals surface area contributed by atoms with E-state index in [2.05, 4.69) is 14.8 Å². The molecule has 0 amide bonds. The van der Waals surface area contributed by atoms with E-state index in [1.54, 1.807) is 18.2 Å². The van der Waals surface area contributed by atoms with Crippen molar-refractivity contribution in [2.24, 2.45) is 5.92 Å². The highest BCUT2D eigenvalue weighted by atomic mass is 32.2. The highest BCUT2D eigenvalue weighted by Crippen LogP contribution is 2.31. The monoisotopic (exact) mass is 469 g/mol. The summed E-state index contributed by atoms with van der Waals surface area (Å²) in [6, 6.07) is 15.1. The quantitative estimate of drug-likeness (QED) is 0.547. The lowest BCUT2D eigenvalue weighted by atomic mass is 9.95. The zero-order valence-corrected chi connectivity index (χ0v) is 19.0. The van der Waals surface area contributed by atoms with Crippen LogP contribution in [0.25, 0.3) is 11.0 Å². The van der Waals surface area contributed by atoms with Crippen LogP contribution in [0.5, 0.6) is 0 Å². The minimum atomic E-state index is -3.74. The van der Waals surface area contributed by atoms with E-state index in [9.17, 15) is 8.42 Å². The average Bonchev–Trinajstić information content (AvgIpc) is 3.18. The third kappa shape index (κ3) is 4.33. The van der Waals surface area contributed by atoms with Gasteiger partial charge in [0.05, 0.1) is 24.9 Å². The minimum absolute atomic E-state index is 0.176. The zero-order chi connectivity index (χ0) is 22.0. The fourth-order valence-corrected chi connectivity index (χ4v) is 6.14. The summed E-state index contributed by atoms with van der Waals surface area (Å²) in [7, 11) is -3.74. The second-order valence-electron chi connectivity index (χ2n) is 7.83. The molecular weight excluding hydrogens is 446 g/mol. The molecule has 0 bridgehead atoms. The molecule has 2 aromatic carbocycles. The molecule has 1 unspecified atom stereocenters. The van der Waals surface area contributed by atoms with Crippen LogP contribution in [0.1, 0.15) is 12.0 Å². The Morgan fingerprint density at radius 2 is 2.00 bits per heavy atom. The van der Waals surface area contributed by atoms with Crippen molar-refractivity contribution in [1.29, 1.82) is 0 Å². The van der Waals surface area contributed by atoms with Gasteiger partial charge >= 0.3 is 0 Å². The van der Waals surface area contributed by atoms with Gasteiger partial charge in [0.25, 0.3) is 0 Å². The molecule has 5 rings (SSSR count). The summed E-state index contributed by atoms with van der Waals surface area (Å²) in [5.41, 5.74) is 3.03. The smallest absolute Gasteiger partial charge is 0.245 e. The number of sulfonamides is 1. The van der Waals surface area contributed by atoms with Crippen molar-refractivity contribution < 1.29 is 17.9 Å². The molecular formula is C23H23N3O4S2. The molecule has 2 heterocycles. The second-order valence-corrected chi connectivity index (χ2v) is 10.3. The van der Waals surface area contributed by atoms with E-state index < -0.39 is 10.0 Å². The number of benzene rings is 2. The number of hydrogen-bond donors (Lipinski definition) is 0. The predicted octanol–water partition coefficient (Wildman–Crippen LogP) is 3.76. The van der Waals surface area contributed by atoms with Crippen LogP contribution in [0.3, 0.4) is 0 Å². The van der Waals surface area contributed by atoms with Crippen molar-refractivity contribution in [1.82, 2.24) is 13.1 Å². The summed E-state index contributed by atoms with van der Waals surface area (Å²) in [6.45, 7) is 1.97. The minimum Gasteiger partial charge on any atom is -0.492 e. The maximum atomic E-state index is 13.5. The van der Waals surface area contributed by atoms with Gasteiger partial charge in [-0.3, -0.25) is 0 Å². The van der Waals surface area contributed by atoms with Crippen LogP contribution >= 0.6 is 11.7 Å². The molecule has 32 heavy (non-hydrogen) atoms. The largest absolute Gasteiger partial charge is 0.492 e. The molecule has 1 aliphatic heterocycles. The van der Waals surface area contributed by atoms with Crippen LogP contribution in [-0.4, -0.2) is 47.8 Å². The van der Waals surface area contributed by atoms with Gasteiger partial charge in [0.1, 0.15) is 28.3 Å². The average molecular weight is 470 g/mol. The molecule has 7 nitrogen and oxygen atoms in total. The van der Waals surface area contributed by atoms with E-state index in [0.717, 1.165) is 35.0 Å². The fraction of sp³-hybridized carbons (Fsp3) is 0.304. The normalized spacial score (nSPS) is 19.6. The second kappa shape index (κ2) is 9.11. The van der Waals surface area contributed by atoms with Crippen molar-refractivity contribution in [3.05, 3.63) is 77.6 Å². The highest BCUT2D eigenvalue weighted by molar-refractivity contribution is 7.89. The summed E-state index contributed by atoms with van der Waals surface area (Å²) in [4.78, 5) is 0.190. The number of ether oxygens (including phenoxy) is 2. The zero-order valence-electron chi connectivity index (χ0n) is 17.4. The van der Waals surface area contributed by atoms with Crippen LogP contribution in [0.2, 0.25) is 0 Å². The predicted molar refractivity (Wildman–Crippen MR) is 122 cm³/mol. The van der Waals surface area contributed by atoms with Crippen LogP contribution in [0.15, 0.2) is 76.9 Å². The van der Waals surface area contributed by atoms with Gasteiger partial charge < -0.3 is 9.47 Å². The summed E-state index contributed by atoms with van der Waals surface area (Å²) in [5.74, 6) is 0.949. The molecule has 1 aromatic heterocycles. The summed E-state index contributed by atoms with van der Waals surface area (Å²) in [5, 5.41) is 0. The van der Waals surface area contributed by atoms with Gasteiger partial charge in [-0.25, -0.2) is 8.42 Å². The van der Waals surface area contributed by atoms with Crippen LogP contribution in [-0.2, 0) is 26.1 Å². The molecule has 0 radical (unpaired) electrons. The van der Waals surface area contributed by atoms with E-state index in [1.165, 1.54) is 4.31 Å². The van der Waals surface area contributed by atoms with Crippen LogP contribution in [0.4, 0.5) is 0 Å². The molecule has 1 aliphatic carbocycles. The van der Waals surface area contributed by atoms with Gasteiger partial charge in [-0.2, -0.15) is 13.1 Å². The topological polar surface area (TPSA) is 81.6 Å². The summed E-state index contributed by atoms with van der Waals surface area (Å²) >= 11 is 1.02. The first-order valence-electron chi connectivity index (χ1n) is 10.5. The first-order valence-corrected chi connectivity index (χ1v) is 12.7. The van der Waals surface area contributed by atoms with Gasteiger partial charge in [0.2, 0.25) is 10.0 Å². The van der Waals surface area contributed by atoms with E-state index in [1.807, 2.05) is 36.4 Å². The number of hydrogen-bond acceptors (Lipinski definition) is 7. The third-order valence-corrected chi connectivity index (χ3v) is 8.03. The van der Waals surface area contributed by atoms with Gasteiger partial charge in [-0.1, -0.05) is 42.5 Å². The molecule has 1 saturated heterocycles. The van der Waals surface area contributed by atoms with Crippen LogP contribution in [0, 0.1) is 5.92 Å². The van der Waals surface area contributed by atoms with E-state index in [4.69, 9.17) is 9.47 Å². The van der Waals surface area contributed by atoms with E-state index >= 15 is 0 Å². The highest BCUT2D eigenvalue weighted by Gasteiger charge is 2.32. The van der Waals surface area contributed by atoms with E-state index in [0.29, 0.717) is 30.9 Å². The maximum absolute atomic E-state index is 13.5. The van der Waals surface area contributed by atoms with Gasteiger partial charge in [-0.15, -0.1) is 0 Å². The molecule has 0 saturated carbocycles. The Hall–Kier alpha value is -2.59. The Morgan fingerprint density at radius 3 is 2.88 bits per heavy atom. The first kappa shape index (κ1) is 21.3. The standard InChI is InChI=1S/C23H23N3O4S2/c27-32(28,22-8-4-7-20-23(22)25-31-24-20)26-11-12-30-21-10-9-18(13-19(21)14-26)16-29-15-17-5-2-1-3-6-17/h1-8,10,13,18H,9,11-12,14-16H2. The lowest BCUT2D eigenvalue weighted by molar-refractivity contribution is 0.0987. The van der Waals surface area contributed by atoms with Gasteiger partial charge in [0, 0.05) is 24.6 Å². The van der Waals surface area contributed by atoms with Crippen molar-refractivity contribution in [2.45, 2.75) is 17.9 Å². The Balaban J connectivity index is 1.32. The SMILES string of the molecule is O=S(=O)(c1cccc2nsnc12)N1CCOC2=CCC(COCc3ccccc3)C=C2C1. The van der Waals surface area contributed by atoms with Crippen LogP contribution < -0.4 is 0 Å². The first-order chi connectivity index (χ1) is 15.6. The van der Waals surface area contributed by atoms with Gasteiger partial charge in [0.15, 0.2) is 0 Å². The Bertz CT molecular complexity index is 1270. The Morgan fingerprint density at radius 1 is 1.12 bits per heavy atom. The lowest BCUT2D eigenvalue weighted by Crippen LogP contribution is -2.34. The molecule has 0 spiro atoms. The Labute approximate surface area is 191 Å². The molecule has 2 aliphatic rings. The lowest BCUT2D eigenvalue weighted by Gasteiger charge is -2.23. The molecule has 9 heteroatoms. The number of nitrogens with zero attached hydrogens (tertiary/aromatic N) is 3. The molecule has 1 atom stereocenters. The maximum Gasteiger partial charge on any atom is 0.245 e. The molecule has 1 fully saturated rings. The Kier molecular flexibility index (Phi) is 6.05. The summed E-state index contributed by atoms with van der Waals surface area (Å²) < 4.78 is 48.6. The number of aromatic nitrogens is 2. The fourth-order valence-electron chi connectivity index (χ4n) is 3.99. The number of allylic oxidation sites excluding steroid dienone is 1. The molecule has 0 N–H and O–H groups in total. The van der Waals surface area contributed by atoms with E-state index in [-0.39, 0.29) is 23.9 Å². The van der Waals surface area contributed by atoms with Crippen molar-refractivity contribution in [3.63, 3.8) is 0 Å². The van der Waals surface area contributed by atoms with Crippen molar-refractivity contribution >= 4 is 32.8 Å². The van der Waals surface area contributed by atoms with Crippen molar-refractivity contribution in [3.8, 4) is 0 Å². The number of rotatable bonds is 6. The number of fused-ring (bicyclic) bond motifs is 2. The molecule has 3 aromatic rings. The molecule has 166 valence electrons. The third-order valence-electron chi connectivity index (χ3n) is 5.61. The van der Waals surface area contributed by atoms with Crippen molar-refractivity contribution in [2.75, 3.05) is 26.3 Å². The van der Waals surface area contributed by atoms with Gasteiger partial charge in [-0.05, 0) is 30.2 Å².